The molecular weight excluding hydrogens is 380 g/mol. The number of rotatable bonds is 5. The number of fused-ring (bicyclic) bond motifs is 1. The van der Waals surface area contributed by atoms with Crippen molar-refractivity contribution in [2.24, 2.45) is 0 Å². The van der Waals surface area contributed by atoms with E-state index in [-0.39, 0.29) is 11.9 Å². The molecule has 1 unspecified atom stereocenters. The minimum absolute atomic E-state index is 0.0417. The lowest BCUT2D eigenvalue weighted by Crippen LogP contribution is -2.31. The van der Waals surface area contributed by atoms with Crippen LogP contribution < -0.4 is 0 Å². The Morgan fingerprint density at radius 3 is 2.59 bits per heavy atom. The van der Waals surface area contributed by atoms with Crippen molar-refractivity contribution in [3.63, 3.8) is 0 Å². The maximum absolute atomic E-state index is 13.5. The van der Waals surface area contributed by atoms with Crippen molar-refractivity contribution in [1.82, 2.24) is 19.7 Å². The van der Waals surface area contributed by atoms with Crippen molar-refractivity contribution in [2.75, 3.05) is 7.05 Å². The van der Waals surface area contributed by atoms with Crippen LogP contribution in [0, 0.1) is 0 Å². The summed E-state index contributed by atoms with van der Waals surface area (Å²) in [6.07, 6.45) is 2.30. The molecule has 1 atom stereocenters. The Labute approximate surface area is 173 Å². The molecule has 2 heterocycles. The second-order valence-electron chi connectivity index (χ2n) is 7.59. The van der Waals surface area contributed by atoms with Gasteiger partial charge in [0.05, 0.1) is 27.6 Å². The predicted octanol–water partition coefficient (Wildman–Crippen LogP) is 5.19. The number of nitrogens with zero attached hydrogens (tertiary/aromatic N) is 4. The first-order valence-electron chi connectivity index (χ1n) is 9.90. The van der Waals surface area contributed by atoms with E-state index in [4.69, 9.17) is 10.1 Å². The topological polar surface area (TPSA) is 51.0 Å². The number of carbonyl (C=O) groups is 1. The standard InChI is InChI=1S/C23H22N4OS/c1-15(22-24-18-10-6-7-11-21(18)29-22)26(2)23(28)20-14-19(16-12-13-16)25-27(20)17-8-4-3-5-9-17/h3-11,14-16H,12-13H2,1-2H3. The Balaban J connectivity index is 1.49. The Kier molecular flexibility index (Phi) is 4.43. The molecule has 5 nitrogen and oxygen atoms in total. The summed E-state index contributed by atoms with van der Waals surface area (Å²) >= 11 is 1.64. The molecule has 5 rings (SSSR count). The normalized spacial score (nSPS) is 14.8. The van der Waals surface area contributed by atoms with Crippen LogP contribution in [0.2, 0.25) is 0 Å². The molecular formula is C23H22N4OS. The van der Waals surface area contributed by atoms with E-state index >= 15 is 0 Å². The summed E-state index contributed by atoms with van der Waals surface area (Å²) < 4.78 is 2.93. The fourth-order valence-electron chi connectivity index (χ4n) is 3.49. The molecule has 0 spiro atoms. The fraction of sp³-hybridized carbons (Fsp3) is 0.261. The van der Waals surface area contributed by atoms with Gasteiger partial charge in [-0.3, -0.25) is 4.79 Å². The van der Waals surface area contributed by atoms with Crippen LogP contribution in [0.25, 0.3) is 15.9 Å². The number of benzene rings is 2. The second kappa shape index (κ2) is 7.12. The summed E-state index contributed by atoms with van der Waals surface area (Å²) in [4.78, 5) is 20.0. The van der Waals surface area contributed by atoms with Gasteiger partial charge in [-0.15, -0.1) is 11.3 Å². The average Bonchev–Trinajstić information content (AvgIpc) is 3.36. The van der Waals surface area contributed by atoms with Gasteiger partial charge >= 0.3 is 0 Å². The molecule has 0 aliphatic heterocycles. The lowest BCUT2D eigenvalue weighted by Gasteiger charge is -2.23. The van der Waals surface area contributed by atoms with Gasteiger partial charge in [-0.05, 0) is 50.1 Å². The van der Waals surface area contributed by atoms with E-state index in [0.717, 1.165) is 39.4 Å². The lowest BCUT2D eigenvalue weighted by molar-refractivity contribution is 0.0733. The van der Waals surface area contributed by atoms with Crippen LogP contribution in [-0.2, 0) is 0 Å². The third-order valence-corrected chi connectivity index (χ3v) is 6.72. The molecule has 1 aliphatic rings. The Bertz CT molecular complexity index is 1140. The van der Waals surface area contributed by atoms with Crippen LogP contribution in [0.5, 0.6) is 0 Å². The highest BCUT2D eigenvalue weighted by molar-refractivity contribution is 7.18. The van der Waals surface area contributed by atoms with Gasteiger partial charge in [0.25, 0.3) is 5.91 Å². The zero-order valence-corrected chi connectivity index (χ0v) is 17.3. The number of hydrogen-bond donors (Lipinski definition) is 0. The number of para-hydroxylation sites is 2. The summed E-state index contributed by atoms with van der Waals surface area (Å²) in [6, 6.07) is 19.8. The largest absolute Gasteiger partial charge is 0.331 e. The van der Waals surface area contributed by atoms with Crippen LogP contribution in [0.15, 0.2) is 60.7 Å². The zero-order valence-electron chi connectivity index (χ0n) is 16.4. The van der Waals surface area contributed by atoms with Gasteiger partial charge < -0.3 is 4.90 Å². The lowest BCUT2D eigenvalue weighted by atomic mass is 10.2. The van der Waals surface area contributed by atoms with E-state index < -0.39 is 0 Å². The molecule has 4 aromatic rings. The van der Waals surface area contributed by atoms with E-state index in [1.807, 2.05) is 68.6 Å². The smallest absolute Gasteiger partial charge is 0.272 e. The van der Waals surface area contributed by atoms with Gasteiger partial charge in [-0.25, -0.2) is 9.67 Å². The summed E-state index contributed by atoms with van der Waals surface area (Å²) in [6.45, 7) is 2.03. The van der Waals surface area contributed by atoms with Gasteiger partial charge in [0, 0.05) is 13.0 Å². The molecule has 29 heavy (non-hydrogen) atoms. The number of aromatic nitrogens is 3. The number of carbonyl (C=O) groups excluding carboxylic acids is 1. The van der Waals surface area contributed by atoms with Crippen LogP contribution in [0.4, 0.5) is 0 Å². The average molecular weight is 403 g/mol. The molecule has 2 aromatic heterocycles. The van der Waals surface area contributed by atoms with Crippen molar-refractivity contribution in [1.29, 1.82) is 0 Å². The van der Waals surface area contributed by atoms with Crippen molar-refractivity contribution >= 4 is 27.5 Å². The molecule has 0 radical (unpaired) electrons. The third-order valence-electron chi connectivity index (χ3n) is 5.51. The molecule has 0 saturated heterocycles. The predicted molar refractivity (Wildman–Crippen MR) is 116 cm³/mol. The first-order chi connectivity index (χ1) is 14.1. The van der Waals surface area contributed by atoms with Gasteiger partial charge in [0.2, 0.25) is 0 Å². The van der Waals surface area contributed by atoms with Crippen molar-refractivity contribution in [3.8, 4) is 5.69 Å². The maximum atomic E-state index is 13.5. The van der Waals surface area contributed by atoms with Crippen LogP contribution >= 0.6 is 11.3 Å². The molecule has 6 heteroatoms. The molecule has 2 aromatic carbocycles. The second-order valence-corrected chi connectivity index (χ2v) is 8.65. The molecule has 1 saturated carbocycles. The Morgan fingerprint density at radius 1 is 1.14 bits per heavy atom. The summed E-state index contributed by atoms with van der Waals surface area (Å²) in [7, 11) is 1.85. The minimum atomic E-state index is -0.122. The monoisotopic (exact) mass is 402 g/mol. The van der Waals surface area contributed by atoms with Gasteiger partial charge in [-0.1, -0.05) is 30.3 Å². The van der Waals surface area contributed by atoms with Crippen molar-refractivity contribution in [3.05, 3.63) is 77.1 Å². The number of thiazole rings is 1. The van der Waals surface area contributed by atoms with Crippen molar-refractivity contribution in [2.45, 2.75) is 31.7 Å². The first kappa shape index (κ1) is 18.1. The molecule has 1 fully saturated rings. The number of hydrogen-bond acceptors (Lipinski definition) is 4. The third kappa shape index (κ3) is 3.34. The Morgan fingerprint density at radius 2 is 1.86 bits per heavy atom. The fourth-order valence-corrected chi connectivity index (χ4v) is 4.55. The van der Waals surface area contributed by atoms with Gasteiger partial charge in [-0.2, -0.15) is 5.10 Å². The minimum Gasteiger partial charge on any atom is -0.331 e. The summed E-state index contributed by atoms with van der Waals surface area (Å²) in [5.74, 6) is 0.443. The highest BCUT2D eigenvalue weighted by Crippen LogP contribution is 2.40. The summed E-state index contributed by atoms with van der Waals surface area (Å²) in [5, 5.41) is 5.71. The van der Waals surface area contributed by atoms with Crippen LogP contribution in [0.1, 0.15) is 52.9 Å². The Hall–Kier alpha value is -2.99. The van der Waals surface area contributed by atoms with Crippen molar-refractivity contribution < 1.29 is 4.79 Å². The molecule has 0 bridgehead atoms. The molecule has 0 N–H and O–H groups in total. The van der Waals surface area contributed by atoms with Crippen LogP contribution in [-0.4, -0.2) is 32.6 Å². The van der Waals surface area contributed by atoms with E-state index in [9.17, 15) is 4.79 Å². The molecule has 146 valence electrons. The SMILES string of the molecule is CC(c1nc2ccccc2s1)N(C)C(=O)c1cc(C2CC2)nn1-c1ccccc1. The highest BCUT2D eigenvalue weighted by atomic mass is 32.1. The quantitative estimate of drug-likeness (QED) is 0.461. The van der Waals surface area contributed by atoms with Gasteiger partial charge in [0.1, 0.15) is 10.7 Å². The first-order valence-corrected chi connectivity index (χ1v) is 10.7. The number of amides is 1. The highest BCUT2D eigenvalue weighted by Gasteiger charge is 2.31. The van der Waals surface area contributed by atoms with Gasteiger partial charge in [0.15, 0.2) is 0 Å². The van der Waals surface area contributed by atoms with E-state index in [0.29, 0.717) is 11.6 Å². The molecule has 1 amide bonds. The summed E-state index contributed by atoms with van der Waals surface area (Å²) in [5.41, 5.74) is 3.50. The van der Waals surface area contributed by atoms with Crippen LogP contribution in [0.3, 0.4) is 0 Å². The maximum Gasteiger partial charge on any atom is 0.272 e. The molecule has 1 aliphatic carbocycles. The van der Waals surface area contributed by atoms with E-state index in [1.165, 1.54) is 0 Å². The zero-order chi connectivity index (χ0) is 20.0. The van der Waals surface area contributed by atoms with E-state index in [2.05, 4.69) is 6.07 Å². The van der Waals surface area contributed by atoms with E-state index in [1.54, 1.807) is 20.9 Å².